The van der Waals surface area contributed by atoms with Crippen LogP contribution in [0.15, 0.2) is 48.5 Å². The lowest BCUT2D eigenvalue weighted by Gasteiger charge is -2.19. The average molecular weight is 611 g/mol. The molecule has 0 saturated carbocycles. The van der Waals surface area contributed by atoms with E-state index >= 15 is 0 Å². The van der Waals surface area contributed by atoms with Crippen LogP contribution in [0.2, 0.25) is 0 Å². The molecule has 4 aromatic rings. The standard InChI is InChI=1S/C29H20F8O2.C4H10/c1-29(2,3)15-8-4-13(5-9-15)12-14-6-10-16(11-7-14)39-28-25(36)21(32)18(22(33)26(28)37)17-19(30)23(34)27(38)24(35)20(17)31;1-4(2)3/h4-11,38H,12H2,1-3H3;4H,1-3H3. The molecular weight excluding hydrogens is 580 g/mol. The molecule has 1 N–H and O–H groups in total. The summed E-state index contributed by atoms with van der Waals surface area (Å²) in [4.78, 5) is 0. The first kappa shape index (κ1) is 33.4. The van der Waals surface area contributed by atoms with Crippen molar-refractivity contribution < 1.29 is 45.0 Å². The van der Waals surface area contributed by atoms with Gasteiger partial charge in [0.15, 0.2) is 29.0 Å². The monoisotopic (exact) mass is 610 g/mol. The number of phenols is 1. The van der Waals surface area contributed by atoms with Gasteiger partial charge in [-0.05, 0) is 46.6 Å². The van der Waals surface area contributed by atoms with Gasteiger partial charge in [-0.3, -0.25) is 0 Å². The van der Waals surface area contributed by atoms with Gasteiger partial charge in [0.05, 0.1) is 11.1 Å². The van der Waals surface area contributed by atoms with Crippen molar-refractivity contribution in [2.75, 3.05) is 0 Å². The third-order valence-corrected chi connectivity index (χ3v) is 6.08. The van der Waals surface area contributed by atoms with E-state index in [1.165, 1.54) is 12.1 Å². The van der Waals surface area contributed by atoms with Crippen LogP contribution in [0.3, 0.4) is 0 Å². The molecule has 10 heteroatoms. The maximum atomic E-state index is 14.7. The molecule has 2 nitrogen and oxygen atoms in total. The van der Waals surface area contributed by atoms with Crippen LogP contribution in [0, 0.1) is 52.5 Å². The largest absolute Gasteiger partial charge is 0.503 e. The number of benzene rings is 4. The highest BCUT2D eigenvalue weighted by Gasteiger charge is 2.35. The number of rotatable bonds is 5. The molecule has 0 aliphatic carbocycles. The summed E-state index contributed by atoms with van der Waals surface area (Å²) < 4.78 is 120. The van der Waals surface area contributed by atoms with Crippen molar-refractivity contribution in [2.24, 2.45) is 5.92 Å². The second kappa shape index (κ2) is 13.1. The Hall–Kier alpha value is -4.08. The zero-order valence-corrected chi connectivity index (χ0v) is 24.3. The molecule has 0 aliphatic heterocycles. The number of halogens is 8. The van der Waals surface area contributed by atoms with Gasteiger partial charge in [-0.2, -0.15) is 17.6 Å². The summed E-state index contributed by atoms with van der Waals surface area (Å²) in [6.07, 6.45) is 0.502. The van der Waals surface area contributed by atoms with Gasteiger partial charge in [-0.25, -0.2) is 17.6 Å². The van der Waals surface area contributed by atoms with Crippen LogP contribution in [0.1, 0.15) is 58.2 Å². The summed E-state index contributed by atoms with van der Waals surface area (Å²) >= 11 is 0. The molecule has 230 valence electrons. The molecule has 43 heavy (non-hydrogen) atoms. The van der Waals surface area contributed by atoms with Crippen molar-refractivity contribution in [1.29, 1.82) is 0 Å². The van der Waals surface area contributed by atoms with Crippen LogP contribution >= 0.6 is 0 Å². The summed E-state index contributed by atoms with van der Waals surface area (Å²) in [6, 6.07) is 13.6. The lowest BCUT2D eigenvalue weighted by Crippen LogP contribution is -2.10. The predicted molar refractivity (Wildman–Crippen MR) is 148 cm³/mol. The Balaban J connectivity index is 0.00000119. The molecule has 0 amide bonds. The SMILES string of the molecule is CC(C)(C)c1ccc(Cc2ccc(Oc3c(F)c(F)c(-c4c(F)c(F)c(O)c(F)c4F)c(F)c3F)cc2)cc1.CC(C)C. The van der Waals surface area contributed by atoms with Crippen LogP contribution in [0.5, 0.6) is 17.2 Å². The fraction of sp³-hybridized carbons (Fsp3) is 0.273. The van der Waals surface area contributed by atoms with E-state index in [-0.39, 0.29) is 11.2 Å². The zero-order chi connectivity index (χ0) is 32.4. The van der Waals surface area contributed by atoms with Gasteiger partial charge >= 0.3 is 0 Å². The molecule has 4 rings (SSSR count). The maximum absolute atomic E-state index is 14.7. The normalized spacial score (nSPS) is 11.4. The second-order valence-corrected chi connectivity index (χ2v) is 11.5. The van der Waals surface area contributed by atoms with E-state index in [0.717, 1.165) is 22.6 Å². The Morgan fingerprint density at radius 1 is 0.581 bits per heavy atom. The fourth-order valence-corrected chi connectivity index (χ4v) is 3.91. The first-order valence-corrected chi connectivity index (χ1v) is 13.2. The van der Waals surface area contributed by atoms with Gasteiger partial charge in [0.2, 0.25) is 29.0 Å². The summed E-state index contributed by atoms with van der Waals surface area (Å²) in [5.41, 5.74) is -1.24. The molecule has 0 saturated heterocycles. The van der Waals surface area contributed by atoms with Gasteiger partial charge in [0.25, 0.3) is 0 Å². The van der Waals surface area contributed by atoms with E-state index in [1.807, 2.05) is 24.3 Å². The Labute approximate surface area is 244 Å². The topological polar surface area (TPSA) is 29.5 Å². The molecule has 0 spiro atoms. The molecule has 0 unspecified atom stereocenters. The predicted octanol–water partition coefficient (Wildman–Crippen LogP) is 10.5. The van der Waals surface area contributed by atoms with Gasteiger partial charge in [-0.1, -0.05) is 77.9 Å². The zero-order valence-electron chi connectivity index (χ0n) is 24.3. The Morgan fingerprint density at radius 2 is 0.930 bits per heavy atom. The summed E-state index contributed by atoms with van der Waals surface area (Å²) in [5, 5.41) is 9.05. The maximum Gasteiger partial charge on any atom is 0.205 e. The van der Waals surface area contributed by atoms with E-state index in [9.17, 15) is 35.1 Å². The molecule has 0 aromatic heterocycles. The average Bonchev–Trinajstić information content (AvgIpc) is 2.94. The van der Waals surface area contributed by atoms with Crippen LogP contribution < -0.4 is 4.74 Å². The molecule has 4 aromatic carbocycles. The highest BCUT2D eigenvalue weighted by Crippen LogP contribution is 2.42. The number of ether oxygens (including phenoxy) is 1. The number of aromatic hydroxyl groups is 1. The number of hydrogen-bond donors (Lipinski definition) is 1. The van der Waals surface area contributed by atoms with E-state index < -0.39 is 69.2 Å². The van der Waals surface area contributed by atoms with Gasteiger partial charge < -0.3 is 9.84 Å². The van der Waals surface area contributed by atoms with E-state index in [4.69, 9.17) is 9.84 Å². The highest BCUT2D eigenvalue weighted by atomic mass is 19.2. The molecule has 0 heterocycles. The van der Waals surface area contributed by atoms with Crippen LogP contribution in [-0.2, 0) is 11.8 Å². The van der Waals surface area contributed by atoms with E-state index in [0.29, 0.717) is 6.42 Å². The molecule has 0 bridgehead atoms. The minimum Gasteiger partial charge on any atom is -0.503 e. The Bertz CT molecular complexity index is 1550. The minimum absolute atomic E-state index is 0.0159. The van der Waals surface area contributed by atoms with Crippen LogP contribution in [-0.4, -0.2) is 5.11 Å². The lowest BCUT2D eigenvalue weighted by atomic mass is 9.86. The van der Waals surface area contributed by atoms with Gasteiger partial charge in [0, 0.05) is 0 Å². The first-order valence-electron chi connectivity index (χ1n) is 13.2. The molecule has 0 aliphatic rings. The minimum atomic E-state index is -2.46. The van der Waals surface area contributed by atoms with Gasteiger partial charge in [0.1, 0.15) is 5.75 Å². The van der Waals surface area contributed by atoms with Crippen molar-refractivity contribution in [3.63, 3.8) is 0 Å². The summed E-state index contributed by atoms with van der Waals surface area (Å²) in [5.74, 6) is -22.0. The molecular formula is C33H30F8O2. The van der Waals surface area contributed by atoms with Gasteiger partial charge in [-0.15, -0.1) is 0 Å². The first-order chi connectivity index (χ1) is 19.9. The number of hydrogen-bond acceptors (Lipinski definition) is 2. The smallest absolute Gasteiger partial charge is 0.205 e. The summed E-state index contributed by atoms with van der Waals surface area (Å²) in [6.45, 7) is 12.8. The quantitative estimate of drug-likeness (QED) is 0.180. The lowest BCUT2D eigenvalue weighted by molar-refractivity contribution is 0.354. The van der Waals surface area contributed by atoms with Crippen LogP contribution in [0.25, 0.3) is 11.1 Å². The second-order valence-electron chi connectivity index (χ2n) is 11.5. The molecule has 0 fully saturated rings. The molecule has 0 atom stereocenters. The third kappa shape index (κ3) is 7.29. The molecule has 0 radical (unpaired) electrons. The van der Waals surface area contributed by atoms with E-state index in [2.05, 4.69) is 41.5 Å². The van der Waals surface area contributed by atoms with Crippen molar-refractivity contribution in [3.8, 4) is 28.4 Å². The Morgan fingerprint density at radius 3 is 1.30 bits per heavy atom. The fourth-order valence-electron chi connectivity index (χ4n) is 3.91. The Kier molecular flexibility index (Phi) is 10.1. The van der Waals surface area contributed by atoms with Crippen molar-refractivity contribution >= 4 is 0 Å². The van der Waals surface area contributed by atoms with Crippen molar-refractivity contribution in [2.45, 2.75) is 53.4 Å². The van der Waals surface area contributed by atoms with Crippen LogP contribution in [0.4, 0.5) is 35.1 Å². The summed E-state index contributed by atoms with van der Waals surface area (Å²) in [7, 11) is 0. The van der Waals surface area contributed by atoms with Crippen molar-refractivity contribution in [3.05, 3.63) is 112 Å². The third-order valence-electron chi connectivity index (χ3n) is 6.08. The van der Waals surface area contributed by atoms with E-state index in [1.54, 1.807) is 12.1 Å². The van der Waals surface area contributed by atoms with Crippen molar-refractivity contribution in [1.82, 2.24) is 0 Å². The highest BCUT2D eigenvalue weighted by molar-refractivity contribution is 5.69. The number of phenolic OH excluding ortho intramolecular Hbond substituents is 1.